The van der Waals surface area contributed by atoms with Crippen LogP contribution in [0.2, 0.25) is 0 Å². The predicted octanol–water partition coefficient (Wildman–Crippen LogP) is 1.20. The second-order valence-corrected chi connectivity index (χ2v) is 7.31. The Morgan fingerprint density at radius 2 is 1.76 bits per heavy atom. The maximum Gasteiger partial charge on any atom is 0.243 e. The summed E-state index contributed by atoms with van der Waals surface area (Å²) in [5, 5.41) is 2.63. The number of carbonyl (C=O) groups excluding carboxylic acids is 1. The maximum atomic E-state index is 12.8. The van der Waals surface area contributed by atoms with E-state index in [1.807, 2.05) is 0 Å². The van der Waals surface area contributed by atoms with Crippen molar-refractivity contribution in [2.75, 3.05) is 18.5 Å². The third-order valence-corrected chi connectivity index (χ3v) is 5.94. The van der Waals surface area contributed by atoms with Crippen molar-refractivity contribution in [3.05, 3.63) is 24.3 Å². The number of sulfonamides is 1. The number of hydrogen-bond donors (Lipinski definition) is 1. The fourth-order valence-corrected chi connectivity index (χ4v) is 4.86. The lowest BCUT2D eigenvalue weighted by atomic mass is 10.2. The van der Waals surface area contributed by atoms with E-state index in [0.717, 1.165) is 12.8 Å². The highest BCUT2D eigenvalue weighted by Gasteiger charge is 2.44. The quantitative estimate of drug-likeness (QED) is 0.910. The van der Waals surface area contributed by atoms with Crippen molar-refractivity contribution in [2.45, 2.75) is 36.7 Å². The molecule has 2 atom stereocenters. The molecule has 114 valence electrons. The number of benzene rings is 1. The monoisotopic (exact) mass is 310 g/mol. The molecule has 2 saturated heterocycles. The lowest BCUT2D eigenvalue weighted by Gasteiger charge is -2.33. The number of ether oxygens (including phenoxy) is 1. The van der Waals surface area contributed by atoms with Gasteiger partial charge in [-0.3, -0.25) is 4.79 Å². The molecule has 3 rings (SSSR count). The van der Waals surface area contributed by atoms with Gasteiger partial charge in [0.05, 0.1) is 18.1 Å². The van der Waals surface area contributed by atoms with Crippen molar-refractivity contribution < 1.29 is 17.9 Å². The first-order valence-corrected chi connectivity index (χ1v) is 8.41. The van der Waals surface area contributed by atoms with Gasteiger partial charge >= 0.3 is 0 Å². The van der Waals surface area contributed by atoms with Gasteiger partial charge in [0.15, 0.2) is 0 Å². The molecule has 21 heavy (non-hydrogen) atoms. The van der Waals surface area contributed by atoms with E-state index in [9.17, 15) is 13.2 Å². The van der Waals surface area contributed by atoms with Gasteiger partial charge in [-0.1, -0.05) is 0 Å². The maximum absolute atomic E-state index is 12.8. The molecule has 0 aliphatic carbocycles. The van der Waals surface area contributed by atoms with Crippen molar-refractivity contribution in [1.29, 1.82) is 0 Å². The molecular weight excluding hydrogens is 292 g/mol. The van der Waals surface area contributed by atoms with Crippen LogP contribution in [0.1, 0.15) is 19.8 Å². The van der Waals surface area contributed by atoms with Crippen LogP contribution in [0.25, 0.3) is 0 Å². The highest BCUT2D eigenvalue weighted by atomic mass is 32.2. The molecule has 0 saturated carbocycles. The number of amides is 1. The lowest BCUT2D eigenvalue weighted by molar-refractivity contribution is -0.114. The van der Waals surface area contributed by atoms with Gasteiger partial charge in [0, 0.05) is 24.7 Å². The number of nitrogens with zero attached hydrogens (tertiary/aromatic N) is 1. The van der Waals surface area contributed by atoms with Gasteiger partial charge < -0.3 is 10.1 Å². The van der Waals surface area contributed by atoms with Crippen molar-refractivity contribution in [1.82, 2.24) is 4.31 Å². The molecule has 2 heterocycles. The number of carbonyl (C=O) groups is 1. The molecule has 2 fully saturated rings. The molecule has 6 nitrogen and oxygen atoms in total. The smallest absolute Gasteiger partial charge is 0.243 e. The second kappa shape index (κ2) is 5.40. The number of hydrogen-bond acceptors (Lipinski definition) is 4. The second-order valence-electron chi connectivity index (χ2n) is 5.46. The van der Waals surface area contributed by atoms with Crippen LogP contribution < -0.4 is 5.32 Å². The standard InChI is InChI=1S/C14H18N2O4S/c1-10(17)15-11-2-6-14(7-3-11)21(18,19)16-12-4-5-13(16)9-20-8-12/h2-3,6-7,12-13H,4-5,8-9H2,1H3,(H,15,17)/t12-,13-/m0/s1. The molecule has 2 aliphatic rings. The van der Waals surface area contributed by atoms with E-state index >= 15 is 0 Å². The predicted molar refractivity (Wildman–Crippen MR) is 77.4 cm³/mol. The lowest BCUT2D eigenvalue weighted by Crippen LogP contribution is -2.48. The molecule has 0 unspecified atom stereocenters. The summed E-state index contributed by atoms with van der Waals surface area (Å²) >= 11 is 0. The molecular formula is C14H18N2O4S. The van der Waals surface area contributed by atoms with Gasteiger partial charge in [0.1, 0.15) is 0 Å². The topological polar surface area (TPSA) is 75.7 Å². The first kappa shape index (κ1) is 14.5. The third kappa shape index (κ3) is 2.68. The zero-order valence-corrected chi connectivity index (χ0v) is 12.6. The van der Waals surface area contributed by atoms with Gasteiger partial charge in [-0.2, -0.15) is 4.31 Å². The highest BCUT2D eigenvalue weighted by molar-refractivity contribution is 7.89. The summed E-state index contributed by atoms with van der Waals surface area (Å²) in [7, 11) is -3.50. The average molecular weight is 310 g/mol. The fourth-order valence-electron chi connectivity index (χ4n) is 3.02. The van der Waals surface area contributed by atoms with Crippen molar-refractivity contribution in [2.24, 2.45) is 0 Å². The molecule has 0 radical (unpaired) electrons. The van der Waals surface area contributed by atoms with Crippen LogP contribution in [-0.4, -0.2) is 43.9 Å². The Hall–Kier alpha value is -1.44. The first-order valence-electron chi connectivity index (χ1n) is 6.97. The van der Waals surface area contributed by atoms with E-state index in [2.05, 4.69) is 5.32 Å². The van der Waals surface area contributed by atoms with Crippen LogP contribution in [0.4, 0.5) is 5.69 Å². The number of morpholine rings is 1. The van der Waals surface area contributed by atoms with Crippen LogP contribution in [0, 0.1) is 0 Å². The van der Waals surface area contributed by atoms with Crippen LogP contribution in [-0.2, 0) is 19.6 Å². The number of anilines is 1. The zero-order chi connectivity index (χ0) is 15.0. The van der Waals surface area contributed by atoms with Gasteiger partial charge in [-0.25, -0.2) is 8.42 Å². The Morgan fingerprint density at radius 3 is 2.29 bits per heavy atom. The van der Waals surface area contributed by atoms with Crippen molar-refractivity contribution >= 4 is 21.6 Å². The minimum absolute atomic E-state index is 0.0521. The molecule has 7 heteroatoms. The van der Waals surface area contributed by atoms with E-state index in [-0.39, 0.29) is 22.9 Å². The Kier molecular flexibility index (Phi) is 3.73. The largest absolute Gasteiger partial charge is 0.378 e. The van der Waals surface area contributed by atoms with E-state index in [4.69, 9.17) is 4.74 Å². The molecule has 1 N–H and O–H groups in total. The number of fused-ring (bicyclic) bond motifs is 2. The van der Waals surface area contributed by atoms with Crippen LogP contribution in [0.5, 0.6) is 0 Å². The minimum Gasteiger partial charge on any atom is -0.378 e. The van der Waals surface area contributed by atoms with Gasteiger partial charge in [-0.15, -0.1) is 0 Å². The van der Waals surface area contributed by atoms with Crippen molar-refractivity contribution in [3.63, 3.8) is 0 Å². The summed E-state index contributed by atoms with van der Waals surface area (Å²) in [6, 6.07) is 6.19. The first-order chi connectivity index (χ1) is 9.98. The normalized spacial score (nSPS) is 25.8. The Labute approximate surface area is 124 Å². The number of rotatable bonds is 3. The summed E-state index contributed by atoms with van der Waals surface area (Å²) in [4.78, 5) is 11.2. The molecule has 1 aromatic carbocycles. The summed E-state index contributed by atoms with van der Waals surface area (Å²) in [5.41, 5.74) is 0.589. The molecule has 0 spiro atoms. The van der Waals surface area contributed by atoms with Crippen LogP contribution in [0.3, 0.4) is 0 Å². The van der Waals surface area contributed by atoms with Crippen molar-refractivity contribution in [3.8, 4) is 0 Å². The highest BCUT2D eigenvalue weighted by Crippen LogP contribution is 2.34. The number of nitrogens with one attached hydrogen (secondary N) is 1. The zero-order valence-electron chi connectivity index (χ0n) is 11.8. The summed E-state index contributed by atoms with van der Waals surface area (Å²) in [6.45, 7) is 2.36. The van der Waals surface area contributed by atoms with E-state index < -0.39 is 10.0 Å². The van der Waals surface area contributed by atoms with E-state index in [1.165, 1.54) is 19.1 Å². The van der Waals surface area contributed by atoms with Gasteiger partial charge in [0.2, 0.25) is 15.9 Å². The molecule has 0 aromatic heterocycles. The van der Waals surface area contributed by atoms with E-state index in [1.54, 1.807) is 16.4 Å². The SMILES string of the molecule is CC(=O)Nc1ccc(S(=O)(=O)N2[C@H]3CC[C@H]2COC3)cc1. The fraction of sp³-hybridized carbons (Fsp3) is 0.500. The van der Waals surface area contributed by atoms with E-state index in [0.29, 0.717) is 18.9 Å². The molecule has 1 aromatic rings. The molecule has 1 amide bonds. The average Bonchev–Trinajstić information content (AvgIpc) is 2.70. The molecule has 2 aliphatic heterocycles. The molecule has 2 bridgehead atoms. The summed E-state index contributed by atoms with van der Waals surface area (Å²) < 4.78 is 32.6. The van der Waals surface area contributed by atoms with Crippen LogP contribution in [0.15, 0.2) is 29.2 Å². The minimum atomic E-state index is -3.50. The summed E-state index contributed by atoms with van der Waals surface area (Å²) in [6.07, 6.45) is 1.71. The Morgan fingerprint density at radius 1 is 1.19 bits per heavy atom. The van der Waals surface area contributed by atoms with Gasteiger partial charge in [-0.05, 0) is 37.1 Å². The summed E-state index contributed by atoms with van der Waals surface area (Å²) in [5.74, 6) is -0.183. The Bertz CT molecular complexity index is 625. The Balaban J connectivity index is 1.86. The van der Waals surface area contributed by atoms with Gasteiger partial charge in [0.25, 0.3) is 0 Å². The third-order valence-electron chi connectivity index (χ3n) is 3.92. The van der Waals surface area contributed by atoms with Crippen LogP contribution >= 0.6 is 0 Å².